The van der Waals surface area contributed by atoms with Gasteiger partial charge in [0, 0.05) is 16.8 Å². The Hall–Kier alpha value is -0.450. The number of anilines is 1. The third kappa shape index (κ3) is 2.81. The van der Waals surface area contributed by atoms with Crippen molar-refractivity contribution in [1.82, 2.24) is 4.98 Å². The summed E-state index contributed by atoms with van der Waals surface area (Å²) in [5.74, 6) is 0. The zero-order chi connectivity index (χ0) is 11.5. The van der Waals surface area contributed by atoms with Gasteiger partial charge in [0.1, 0.15) is 0 Å². The van der Waals surface area contributed by atoms with Crippen LogP contribution in [0.2, 0.25) is 5.02 Å². The fourth-order valence-electron chi connectivity index (χ4n) is 1.29. The fraction of sp³-hybridized carbons (Fsp3) is 0.364. The van der Waals surface area contributed by atoms with Crippen molar-refractivity contribution in [2.24, 2.45) is 0 Å². The summed E-state index contributed by atoms with van der Waals surface area (Å²) in [6.45, 7) is 3.14. The second-order valence-corrected chi connectivity index (χ2v) is 6.30. The van der Waals surface area contributed by atoms with E-state index in [4.69, 9.17) is 11.6 Å². The summed E-state index contributed by atoms with van der Waals surface area (Å²) >= 11 is 9.43. The molecule has 16 heavy (non-hydrogen) atoms. The molecule has 0 radical (unpaired) electrons. The van der Waals surface area contributed by atoms with Crippen molar-refractivity contribution in [3.63, 3.8) is 0 Å². The molecule has 1 aromatic heterocycles. The van der Waals surface area contributed by atoms with Crippen LogP contribution < -0.4 is 5.32 Å². The van der Waals surface area contributed by atoms with Gasteiger partial charge in [-0.2, -0.15) is 11.8 Å². The molecule has 0 spiro atoms. The summed E-state index contributed by atoms with van der Waals surface area (Å²) in [6.07, 6.45) is 2.12. The largest absolute Gasteiger partial charge is 0.360 e. The Bertz CT molecular complexity index is 484. The highest BCUT2D eigenvalue weighted by Gasteiger charge is 2.05. The normalized spacial score (nSPS) is 12.9. The number of thiazole rings is 1. The molecular weight excluding hydrogens is 260 g/mol. The third-order valence-electron chi connectivity index (χ3n) is 2.29. The van der Waals surface area contributed by atoms with Gasteiger partial charge in [0.25, 0.3) is 0 Å². The number of nitrogens with zero attached hydrogens (tertiary/aromatic N) is 1. The van der Waals surface area contributed by atoms with Crippen LogP contribution in [-0.2, 0) is 0 Å². The average Bonchev–Trinajstić information content (AvgIpc) is 2.67. The van der Waals surface area contributed by atoms with Gasteiger partial charge in [-0.05, 0) is 24.5 Å². The maximum absolute atomic E-state index is 5.93. The zero-order valence-electron chi connectivity index (χ0n) is 9.16. The van der Waals surface area contributed by atoms with Gasteiger partial charge in [0.2, 0.25) is 0 Å². The zero-order valence-corrected chi connectivity index (χ0v) is 11.5. The molecule has 1 unspecified atom stereocenters. The van der Waals surface area contributed by atoms with Gasteiger partial charge in [-0.15, -0.1) is 0 Å². The molecule has 5 heteroatoms. The van der Waals surface area contributed by atoms with Crippen LogP contribution in [0.15, 0.2) is 18.2 Å². The highest BCUT2D eigenvalue weighted by Crippen LogP contribution is 2.28. The van der Waals surface area contributed by atoms with Gasteiger partial charge in [-0.3, -0.25) is 0 Å². The van der Waals surface area contributed by atoms with E-state index in [1.165, 1.54) is 0 Å². The van der Waals surface area contributed by atoms with Crippen molar-refractivity contribution < 1.29 is 0 Å². The van der Waals surface area contributed by atoms with Crippen LogP contribution >= 0.6 is 34.7 Å². The quantitative estimate of drug-likeness (QED) is 0.907. The van der Waals surface area contributed by atoms with E-state index in [1.54, 1.807) is 11.3 Å². The van der Waals surface area contributed by atoms with Crippen LogP contribution in [0.4, 0.5) is 5.13 Å². The van der Waals surface area contributed by atoms with Crippen LogP contribution in [0.25, 0.3) is 10.2 Å². The van der Waals surface area contributed by atoms with E-state index in [2.05, 4.69) is 23.5 Å². The highest BCUT2D eigenvalue weighted by molar-refractivity contribution is 7.99. The van der Waals surface area contributed by atoms with E-state index in [0.29, 0.717) is 5.25 Å². The Labute approximate surface area is 108 Å². The summed E-state index contributed by atoms with van der Waals surface area (Å²) in [7, 11) is 0. The summed E-state index contributed by atoms with van der Waals surface area (Å²) in [5.41, 5.74) is 1.01. The lowest BCUT2D eigenvalue weighted by molar-refractivity contribution is 1.00. The molecule has 1 N–H and O–H groups in total. The lowest BCUT2D eigenvalue weighted by Gasteiger charge is -2.07. The minimum atomic E-state index is 0.593. The molecule has 0 aliphatic rings. The second-order valence-electron chi connectivity index (χ2n) is 3.56. The Balaban J connectivity index is 2.13. The molecule has 0 saturated carbocycles. The smallest absolute Gasteiger partial charge is 0.183 e. The van der Waals surface area contributed by atoms with Gasteiger partial charge < -0.3 is 5.32 Å². The number of aromatic nitrogens is 1. The first kappa shape index (κ1) is 12.0. The molecule has 0 amide bonds. The number of rotatable bonds is 4. The number of hydrogen-bond acceptors (Lipinski definition) is 4. The summed E-state index contributed by atoms with van der Waals surface area (Å²) in [6, 6.07) is 5.78. The molecule has 0 bridgehead atoms. The third-order valence-corrected chi connectivity index (χ3v) is 4.48. The molecule has 2 rings (SSSR count). The molecule has 1 aromatic carbocycles. The maximum atomic E-state index is 5.93. The van der Waals surface area contributed by atoms with Crippen molar-refractivity contribution in [2.75, 3.05) is 18.1 Å². The molecule has 2 aromatic rings. The van der Waals surface area contributed by atoms with Crippen molar-refractivity contribution in [2.45, 2.75) is 12.2 Å². The Morgan fingerprint density at radius 1 is 1.56 bits per heavy atom. The van der Waals surface area contributed by atoms with Crippen LogP contribution in [0.3, 0.4) is 0 Å². The van der Waals surface area contributed by atoms with Crippen LogP contribution in [-0.4, -0.2) is 23.0 Å². The highest BCUT2D eigenvalue weighted by atomic mass is 35.5. The van der Waals surface area contributed by atoms with E-state index >= 15 is 0 Å². The molecule has 0 aliphatic heterocycles. The van der Waals surface area contributed by atoms with E-state index in [1.807, 2.05) is 30.0 Å². The Morgan fingerprint density at radius 3 is 3.12 bits per heavy atom. The van der Waals surface area contributed by atoms with E-state index in [0.717, 1.165) is 26.9 Å². The predicted molar refractivity (Wildman–Crippen MR) is 76.1 cm³/mol. The SMILES string of the molecule is CSC(C)CNc1nc2ccc(Cl)cc2s1. The number of nitrogens with one attached hydrogen (secondary N) is 1. The van der Waals surface area contributed by atoms with Gasteiger partial charge in [0.05, 0.1) is 10.2 Å². The first-order chi connectivity index (χ1) is 7.69. The Morgan fingerprint density at radius 2 is 2.38 bits per heavy atom. The maximum Gasteiger partial charge on any atom is 0.183 e. The van der Waals surface area contributed by atoms with Crippen LogP contribution in [0, 0.1) is 0 Å². The molecule has 0 aliphatic carbocycles. The van der Waals surface area contributed by atoms with Crippen molar-refractivity contribution >= 4 is 50.0 Å². The summed E-state index contributed by atoms with van der Waals surface area (Å²) in [4.78, 5) is 4.50. The van der Waals surface area contributed by atoms with Crippen molar-refractivity contribution in [3.8, 4) is 0 Å². The molecule has 0 fully saturated rings. The number of hydrogen-bond donors (Lipinski definition) is 1. The number of fused-ring (bicyclic) bond motifs is 1. The van der Waals surface area contributed by atoms with E-state index in [9.17, 15) is 0 Å². The lowest BCUT2D eigenvalue weighted by atomic mass is 10.3. The molecule has 1 atom stereocenters. The van der Waals surface area contributed by atoms with E-state index < -0.39 is 0 Å². The topological polar surface area (TPSA) is 24.9 Å². The van der Waals surface area contributed by atoms with Gasteiger partial charge >= 0.3 is 0 Å². The molecule has 2 nitrogen and oxygen atoms in total. The molecular formula is C11H13ClN2S2. The van der Waals surface area contributed by atoms with Crippen LogP contribution in [0.5, 0.6) is 0 Å². The molecule has 1 heterocycles. The number of benzene rings is 1. The van der Waals surface area contributed by atoms with Gasteiger partial charge in [0.15, 0.2) is 5.13 Å². The van der Waals surface area contributed by atoms with Crippen LogP contribution in [0.1, 0.15) is 6.92 Å². The predicted octanol–water partition coefficient (Wildman–Crippen LogP) is 4.11. The monoisotopic (exact) mass is 272 g/mol. The van der Waals surface area contributed by atoms with Gasteiger partial charge in [-0.25, -0.2) is 4.98 Å². The van der Waals surface area contributed by atoms with Crippen molar-refractivity contribution in [3.05, 3.63) is 23.2 Å². The standard InChI is InChI=1S/C11H13ClN2S2/c1-7(15-2)6-13-11-14-9-4-3-8(12)5-10(9)16-11/h3-5,7H,6H2,1-2H3,(H,13,14). The minimum absolute atomic E-state index is 0.593. The lowest BCUT2D eigenvalue weighted by Crippen LogP contribution is -2.12. The second kappa shape index (κ2) is 5.25. The van der Waals surface area contributed by atoms with E-state index in [-0.39, 0.29) is 0 Å². The van der Waals surface area contributed by atoms with Crippen molar-refractivity contribution in [1.29, 1.82) is 0 Å². The summed E-state index contributed by atoms with van der Waals surface area (Å²) in [5, 5.41) is 5.68. The first-order valence-corrected chi connectivity index (χ1v) is 7.50. The number of thioether (sulfide) groups is 1. The summed E-state index contributed by atoms with van der Waals surface area (Å²) < 4.78 is 1.13. The first-order valence-electron chi connectivity index (χ1n) is 5.02. The minimum Gasteiger partial charge on any atom is -0.360 e. The Kier molecular flexibility index (Phi) is 3.95. The fourth-order valence-corrected chi connectivity index (χ4v) is 2.69. The van der Waals surface area contributed by atoms with Gasteiger partial charge in [-0.1, -0.05) is 29.9 Å². The molecule has 86 valence electrons. The number of halogens is 1. The average molecular weight is 273 g/mol. The molecule has 0 saturated heterocycles.